The lowest BCUT2D eigenvalue weighted by Crippen LogP contribution is -2.40. The van der Waals surface area contributed by atoms with Gasteiger partial charge in [-0.2, -0.15) is 3.15 Å². The number of aliphatic hydroxyl groups excluding tert-OH is 3. The number of aliphatic hydroxyl groups is 3. The zero-order valence-corrected chi connectivity index (χ0v) is 20.5. The summed E-state index contributed by atoms with van der Waals surface area (Å²) in [5.74, 6) is 0.612. The average molecular weight is 588 g/mol. The van der Waals surface area contributed by atoms with Crippen LogP contribution < -0.4 is 8.01 Å². The predicted octanol–water partition coefficient (Wildman–Crippen LogP) is -0.126. The number of hydrogen-bond donors (Lipinski definition) is 3. The van der Waals surface area contributed by atoms with E-state index in [1.54, 1.807) is 10.0 Å². The highest BCUT2D eigenvalue weighted by molar-refractivity contribution is 14.2. The topological polar surface area (TPSA) is 172 Å². The van der Waals surface area contributed by atoms with Gasteiger partial charge in [0.05, 0.1) is 25.5 Å². The van der Waals surface area contributed by atoms with E-state index in [4.69, 9.17) is 9.47 Å². The number of fused-ring (bicyclic) bond motifs is 1. The van der Waals surface area contributed by atoms with E-state index in [2.05, 4.69) is 23.4 Å². The first-order chi connectivity index (χ1) is 16.5. The summed E-state index contributed by atoms with van der Waals surface area (Å²) in [6, 6.07) is 0. The molecule has 15 heteroatoms. The van der Waals surface area contributed by atoms with Crippen LogP contribution in [0.1, 0.15) is 30.3 Å². The molecule has 5 rings (SSSR count). The van der Waals surface area contributed by atoms with E-state index >= 15 is 0 Å². The number of rotatable bonds is 6. The summed E-state index contributed by atoms with van der Waals surface area (Å²) in [5, 5.41) is 39.1. The molecule has 2 fully saturated rings. The van der Waals surface area contributed by atoms with Gasteiger partial charge >= 0.3 is 5.97 Å². The van der Waals surface area contributed by atoms with Gasteiger partial charge in [-0.1, -0.05) is 5.21 Å². The summed E-state index contributed by atoms with van der Waals surface area (Å²) in [4.78, 5) is 22.6. The quantitative estimate of drug-likeness (QED) is 0.232. The normalized spacial score (nSPS) is 28.6. The Morgan fingerprint density at radius 2 is 2.09 bits per heavy atom. The number of nitrogens with zero attached hydrogens (tertiary/aromatic N) is 8. The molecule has 0 aromatic carbocycles. The van der Waals surface area contributed by atoms with Crippen molar-refractivity contribution in [2.75, 3.05) is 27.7 Å². The number of anilines is 2. The van der Waals surface area contributed by atoms with Crippen LogP contribution in [0.25, 0.3) is 0 Å². The molecule has 0 saturated carbocycles. The second-order valence-electron chi connectivity index (χ2n) is 8.18. The van der Waals surface area contributed by atoms with Crippen LogP contribution in [0.4, 0.5) is 17.3 Å². The van der Waals surface area contributed by atoms with Gasteiger partial charge in [0, 0.05) is 13.1 Å². The zero-order chi connectivity index (χ0) is 23.8. The van der Waals surface area contributed by atoms with Gasteiger partial charge in [0.15, 0.2) is 29.2 Å². The molecule has 184 valence electrons. The number of piperidine rings is 1. The smallest absolute Gasteiger partial charge is 0.360 e. The maximum absolute atomic E-state index is 11.8. The maximum Gasteiger partial charge on any atom is 0.360 e. The Morgan fingerprint density at radius 1 is 1.26 bits per heavy atom. The fourth-order valence-corrected chi connectivity index (χ4v) is 6.33. The van der Waals surface area contributed by atoms with Crippen LogP contribution in [0.15, 0.2) is 15.7 Å². The molecule has 3 aliphatic rings. The van der Waals surface area contributed by atoms with Crippen molar-refractivity contribution in [2.45, 2.75) is 57.0 Å². The van der Waals surface area contributed by atoms with Gasteiger partial charge in [-0.15, -0.1) is 5.10 Å². The van der Waals surface area contributed by atoms with E-state index in [-0.39, 0.29) is 18.8 Å². The van der Waals surface area contributed by atoms with Crippen molar-refractivity contribution in [1.29, 1.82) is 0 Å². The van der Waals surface area contributed by atoms with Crippen molar-refractivity contribution >= 4 is 44.6 Å². The summed E-state index contributed by atoms with van der Waals surface area (Å²) < 4.78 is 18.8. The first-order valence-electron chi connectivity index (χ1n) is 11.0. The second kappa shape index (κ2) is 9.73. The SMILES string of the molecule is CCOC(=O)c1cn(C[C@H]2O[C@@H](N3I=Nc4c(N5CCCC(O)C5)ncnc43)C(O)C2O)nn1. The van der Waals surface area contributed by atoms with Crippen molar-refractivity contribution < 1.29 is 29.6 Å². The standard InChI is InChI=1S/C19H25IN8O6/c1-2-33-19(32)11-7-27(25-24-11)8-12-14(30)15(31)18(34-12)28-17-13(23-20-28)16(21-9-22-17)26-5-3-4-10(29)6-26/h7,9-10,12,14-15,18,29-31H,2-6,8H2,1H3/t10?,12-,14?,15?,18-/m1/s1. The average Bonchev–Trinajstić information content (AvgIpc) is 3.54. The lowest BCUT2D eigenvalue weighted by Gasteiger charge is -2.31. The number of carbonyl (C=O) groups excluding carboxylic acids is 1. The van der Waals surface area contributed by atoms with Gasteiger partial charge in [-0.05, 0) is 19.8 Å². The van der Waals surface area contributed by atoms with Crippen molar-refractivity contribution in [3.63, 3.8) is 0 Å². The highest BCUT2D eigenvalue weighted by Gasteiger charge is 2.48. The summed E-state index contributed by atoms with van der Waals surface area (Å²) in [7, 11) is 0. The highest BCUT2D eigenvalue weighted by atomic mass is 127. The summed E-state index contributed by atoms with van der Waals surface area (Å²) >= 11 is -0.978. The Hall–Kier alpha value is -2.34. The van der Waals surface area contributed by atoms with Crippen molar-refractivity contribution in [3.05, 3.63) is 18.2 Å². The van der Waals surface area contributed by atoms with Crippen molar-refractivity contribution in [1.82, 2.24) is 25.0 Å². The molecule has 0 radical (unpaired) electrons. The van der Waals surface area contributed by atoms with E-state index in [9.17, 15) is 20.1 Å². The molecule has 0 amide bonds. The van der Waals surface area contributed by atoms with Crippen molar-refractivity contribution in [3.8, 4) is 0 Å². The largest absolute Gasteiger partial charge is 0.461 e. The molecule has 34 heavy (non-hydrogen) atoms. The van der Waals surface area contributed by atoms with Crippen LogP contribution in [-0.4, -0.2) is 96.6 Å². The third-order valence-electron chi connectivity index (χ3n) is 5.84. The molecular weight excluding hydrogens is 563 g/mol. The van der Waals surface area contributed by atoms with Crippen LogP contribution in [0.3, 0.4) is 0 Å². The lowest BCUT2D eigenvalue weighted by molar-refractivity contribution is 0.00334. The Balaban J connectivity index is 1.31. The Bertz CT molecular complexity index is 1080. The monoisotopic (exact) mass is 588 g/mol. The van der Waals surface area contributed by atoms with E-state index in [0.717, 1.165) is 19.4 Å². The van der Waals surface area contributed by atoms with Crippen LogP contribution in [-0.2, 0) is 16.0 Å². The molecular formula is C19H25IN8O6. The Labute approximate surface area is 205 Å². The van der Waals surface area contributed by atoms with Crippen LogP contribution in [0.5, 0.6) is 0 Å². The molecule has 0 aliphatic carbocycles. The lowest BCUT2D eigenvalue weighted by atomic mass is 10.1. The Morgan fingerprint density at radius 3 is 2.88 bits per heavy atom. The molecule has 0 bridgehead atoms. The van der Waals surface area contributed by atoms with Crippen LogP contribution >= 0.6 is 21.3 Å². The molecule has 3 N–H and O–H groups in total. The number of halogens is 1. The second-order valence-corrected chi connectivity index (χ2v) is 10.1. The van der Waals surface area contributed by atoms with Gasteiger partial charge < -0.3 is 29.7 Å². The van der Waals surface area contributed by atoms with Gasteiger partial charge in [-0.3, -0.25) is 3.11 Å². The van der Waals surface area contributed by atoms with Crippen molar-refractivity contribution in [2.24, 2.45) is 3.15 Å². The first kappa shape index (κ1) is 23.4. The summed E-state index contributed by atoms with van der Waals surface area (Å²) in [6.07, 6.45) is 0.0293. The Kier molecular flexibility index (Phi) is 6.70. The summed E-state index contributed by atoms with van der Waals surface area (Å²) in [6.45, 7) is 3.24. The third kappa shape index (κ3) is 4.37. The minimum atomic E-state index is -1.20. The summed E-state index contributed by atoms with van der Waals surface area (Å²) in [5.41, 5.74) is 0.671. The molecule has 2 aromatic rings. The minimum absolute atomic E-state index is 0.0524. The fraction of sp³-hybridized carbons (Fsp3) is 0.632. The van der Waals surface area contributed by atoms with Crippen LogP contribution in [0.2, 0.25) is 0 Å². The number of ether oxygens (including phenoxy) is 2. The zero-order valence-electron chi connectivity index (χ0n) is 18.3. The van der Waals surface area contributed by atoms with Gasteiger partial charge in [0.1, 0.15) is 45.9 Å². The highest BCUT2D eigenvalue weighted by Crippen LogP contribution is 2.48. The number of carbonyl (C=O) groups is 1. The minimum Gasteiger partial charge on any atom is -0.461 e. The molecule has 5 heterocycles. The molecule has 0 spiro atoms. The molecule has 2 saturated heterocycles. The first-order valence-corrected chi connectivity index (χ1v) is 12.9. The number of hydrogen-bond acceptors (Lipinski definition) is 13. The molecule has 3 aliphatic heterocycles. The molecule has 2 aromatic heterocycles. The van der Waals surface area contributed by atoms with Gasteiger partial charge in [0.25, 0.3) is 0 Å². The maximum atomic E-state index is 11.8. The number of aromatic nitrogens is 5. The number of β-amino-alcohol motifs (C(OH)–C–C–N with tert-alkyl or cyclic N) is 1. The van der Waals surface area contributed by atoms with Crippen LogP contribution in [0, 0.1) is 0 Å². The van der Waals surface area contributed by atoms with Gasteiger partial charge in [0.2, 0.25) is 0 Å². The number of esters is 1. The molecule has 5 atom stereocenters. The van der Waals surface area contributed by atoms with E-state index in [1.165, 1.54) is 17.2 Å². The van der Waals surface area contributed by atoms with E-state index < -0.39 is 57.9 Å². The van der Waals surface area contributed by atoms with E-state index in [1.807, 2.05) is 4.90 Å². The molecule has 14 nitrogen and oxygen atoms in total. The van der Waals surface area contributed by atoms with Gasteiger partial charge in [-0.25, -0.2) is 19.4 Å². The predicted molar refractivity (Wildman–Crippen MR) is 125 cm³/mol. The molecule has 3 unspecified atom stereocenters. The van der Waals surface area contributed by atoms with E-state index in [0.29, 0.717) is 23.9 Å². The third-order valence-corrected chi connectivity index (χ3v) is 8.01. The fourth-order valence-electron chi connectivity index (χ4n) is 4.19.